The van der Waals surface area contributed by atoms with Gasteiger partial charge in [0.15, 0.2) is 12.4 Å². The molecule has 0 fully saturated rings. The number of halogens is 2. The molecular weight excluding hydrogens is 395 g/mol. The van der Waals surface area contributed by atoms with Crippen molar-refractivity contribution in [3.8, 4) is 5.75 Å². The molecule has 3 aromatic carbocycles. The minimum Gasteiger partial charge on any atom is -0.481 e. The highest BCUT2D eigenvalue weighted by atomic mass is 35.5. The molecule has 0 aliphatic rings. The molecule has 0 saturated heterocycles. The monoisotopic (exact) mass is 414 g/mol. The van der Waals surface area contributed by atoms with Gasteiger partial charge in [-0.2, -0.15) is 0 Å². The average molecular weight is 415 g/mol. The van der Waals surface area contributed by atoms with Crippen molar-refractivity contribution in [3.63, 3.8) is 0 Å². The first-order chi connectivity index (χ1) is 13.5. The molecule has 4 nitrogen and oxygen atoms in total. The van der Waals surface area contributed by atoms with Crippen LogP contribution in [0.25, 0.3) is 0 Å². The van der Waals surface area contributed by atoms with Gasteiger partial charge in [0.05, 0.1) is 10.0 Å². The van der Waals surface area contributed by atoms with E-state index in [1.807, 2.05) is 43.3 Å². The third-order valence-electron chi connectivity index (χ3n) is 3.98. The second-order valence-electron chi connectivity index (χ2n) is 6.31. The molecule has 28 heavy (non-hydrogen) atoms. The van der Waals surface area contributed by atoms with Gasteiger partial charge >= 0.3 is 0 Å². The maximum absolute atomic E-state index is 12.0. The maximum Gasteiger partial charge on any atom is 0.262 e. The maximum atomic E-state index is 12.0. The second-order valence-corrected chi connectivity index (χ2v) is 7.13. The van der Waals surface area contributed by atoms with Crippen molar-refractivity contribution in [2.75, 3.05) is 17.2 Å². The molecule has 0 unspecified atom stereocenters. The summed E-state index contributed by atoms with van der Waals surface area (Å²) in [5.41, 5.74) is 3.81. The Hall–Kier alpha value is -2.69. The summed E-state index contributed by atoms with van der Waals surface area (Å²) in [5.74, 6) is 0.00868. The van der Waals surface area contributed by atoms with Crippen molar-refractivity contribution in [3.05, 3.63) is 87.9 Å². The Morgan fingerprint density at radius 1 is 0.929 bits per heavy atom. The summed E-state index contributed by atoms with van der Waals surface area (Å²) in [6.45, 7) is 2.42. The van der Waals surface area contributed by atoms with E-state index < -0.39 is 0 Å². The number of ether oxygens (including phenoxy) is 1. The SMILES string of the molecule is Cc1cccc(NCc2cc(Cl)c(OCC(=O)Nc3ccccc3)c(Cl)c2)c1. The van der Waals surface area contributed by atoms with Gasteiger partial charge in [0.25, 0.3) is 5.91 Å². The van der Waals surface area contributed by atoms with E-state index in [0.717, 1.165) is 11.3 Å². The molecule has 0 aromatic heterocycles. The fourth-order valence-corrected chi connectivity index (χ4v) is 3.31. The molecule has 0 heterocycles. The van der Waals surface area contributed by atoms with Crippen LogP contribution in [0, 0.1) is 6.92 Å². The van der Waals surface area contributed by atoms with E-state index in [9.17, 15) is 4.79 Å². The summed E-state index contributed by atoms with van der Waals surface area (Å²) in [7, 11) is 0. The second kappa shape index (κ2) is 9.49. The number of aryl methyl sites for hydroxylation is 1. The van der Waals surface area contributed by atoms with Crippen LogP contribution in [-0.4, -0.2) is 12.5 Å². The molecule has 0 saturated carbocycles. The summed E-state index contributed by atoms with van der Waals surface area (Å²) in [5, 5.41) is 6.80. The smallest absolute Gasteiger partial charge is 0.262 e. The van der Waals surface area contributed by atoms with E-state index in [1.54, 1.807) is 24.3 Å². The third-order valence-corrected chi connectivity index (χ3v) is 4.54. The van der Waals surface area contributed by atoms with E-state index in [1.165, 1.54) is 5.56 Å². The Balaban J connectivity index is 1.59. The number of amides is 1. The molecule has 0 aliphatic heterocycles. The summed E-state index contributed by atoms with van der Waals surface area (Å²) >= 11 is 12.6. The van der Waals surface area contributed by atoms with Crippen LogP contribution in [0.5, 0.6) is 5.75 Å². The number of carbonyl (C=O) groups excluding carboxylic acids is 1. The van der Waals surface area contributed by atoms with Gasteiger partial charge in [-0.15, -0.1) is 0 Å². The van der Waals surface area contributed by atoms with Gasteiger partial charge in [0, 0.05) is 17.9 Å². The molecule has 0 radical (unpaired) electrons. The zero-order chi connectivity index (χ0) is 19.9. The van der Waals surface area contributed by atoms with Crippen LogP contribution in [0.3, 0.4) is 0 Å². The van der Waals surface area contributed by atoms with Gasteiger partial charge in [-0.1, -0.05) is 53.5 Å². The summed E-state index contributed by atoms with van der Waals surface area (Å²) in [6, 6.07) is 20.8. The first kappa shape index (κ1) is 20.1. The number of para-hydroxylation sites is 1. The van der Waals surface area contributed by atoms with Gasteiger partial charge in [-0.25, -0.2) is 0 Å². The highest BCUT2D eigenvalue weighted by Crippen LogP contribution is 2.34. The quantitative estimate of drug-likeness (QED) is 0.503. The van der Waals surface area contributed by atoms with E-state index in [-0.39, 0.29) is 12.5 Å². The predicted molar refractivity (Wildman–Crippen MR) is 116 cm³/mol. The third kappa shape index (κ3) is 5.65. The van der Waals surface area contributed by atoms with Gasteiger partial charge in [0.1, 0.15) is 0 Å². The van der Waals surface area contributed by atoms with Crippen LogP contribution in [0.4, 0.5) is 11.4 Å². The van der Waals surface area contributed by atoms with Crippen LogP contribution in [0.15, 0.2) is 66.7 Å². The fourth-order valence-electron chi connectivity index (χ4n) is 2.67. The topological polar surface area (TPSA) is 50.4 Å². The lowest BCUT2D eigenvalue weighted by molar-refractivity contribution is -0.118. The highest BCUT2D eigenvalue weighted by molar-refractivity contribution is 6.37. The molecule has 0 atom stereocenters. The predicted octanol–water partition coefficient (Wildman–Crippen LogP) is 5.93. The molecular formula is C22H20Cl2N2O2. The van der Waals surface area contributed by atoms with Gasteiger partial charge in [-0.3, -0.25) is 4.79 Å². The number of nitrogens with one attached hydrogen (secondary N) is 2. The Morgan fingerprint density at radius 3 is 2.29 bits per heavy atom. The van der Waals surface area contributed by atoms with Gasteiger partial charge < -0.3 is 15.4 Å². The Bertz CT molecular complexity index is 939. The van der Waals surface area contributed by atoms with Crippen molar-refractivity contribution >= 4 is 40.5 Å². The molecule has 2 N–H and O–H groups in total. The normalized spacial score (nSPS) is 10.4. The zero-order valence-corrected chi connectivity index (χ0v) is 16.8. The number of carbonyl (C=O) groups is 1. The molecule has 6 heteroatoms. The number of benzene rings is 3. The van der Waals surface area contributed by atoms with Crippen molar-refractivity contribution in [1.29, 1.82) is 0 Å². The van der Waals surface area contributed by atoms with E-state index >= 15 is 0 Å². The van der Waals surface area contributed by atoms with Crippen LogP contribution >= 0.6 is 23.2 Å². The zero-order valence-electron chi connectivity index (χ0n) is 15.3. The largest absolute Gasteiger partial charge is 0.481 e. The van der Waals surface area contributed by atoms with Crippen LogP contribution in [0.1, 0.15) is 11.1 Å². The lowest BCUT2D eigenvalue weighted by Crippen LogP contribution is -2.20. The van der Waals surface area contributed by atoms with Crippen molar-refractivity contribution in [2.24, 2.45) is 0 Å². The fraction of sp³-hybridized carbons (Fsp3) is 0.136. The number of hydrogen-bond acceptors (Lipinski definition) is 3. The lowest BCUT2D eigenvalue weighted by atomic mass is 10.2. The standard InChI is InChI=1S/C22H20Cl2N2O2/c1-15-6-5-9-18(10-15)25-13-16-11-19(23)22(20(24)12-16)28-14-21(27)26-17-7-3-2-4-8-17/h2-12,25H,13-14H2,1H3,(H,26,27). The van der Waals surface area contributed by atoms with Crippen molar-refractivity contribution < 1.29 is 9.53 Å². The summed E-state index contributed by atoms with van der Waals surface area (Å²) in [4.78, 5) is 12.0. The van der Waals surface area contributed by atoms with Crippen molar-refractivity contribution in [1.82, 2.24) is 0 Å². The first-order valence-electron chi connectivity index (χ1n) is 8.77. The molecule has 1 amide bonds. The van der Waals surface area contributed by atoms with Gasteiger partial charge in [0.2, 0.25) is 0 Å². The Kier molecular flexibility index (Phi) is 6.80. The minimum absolute atomic E-state index is 0.185. The van der Waals surface area contributed by atoms with E-state index in [0.29, 0.717) is 28.0 Å². The number of rotatable bonds is 7. The van der Waals surface area contributed by atoms with Crippen LogP contribution < -0.4 is 15.4 Å². The van der Waals surface area contributed by atoms with E-state index in [2.05, 4.69) is 16.7 Å². The van der Waals surface area contributed by atoms with Crippen molar-refractivity contribution in [2.45, 2.75) is 13.5 Å². The first-order valence-corrected chi connectivity index (χ1v) is 9.53. The Labute approximate surface area is 174 Å². The Morgan fingerprint density at radius 2 is 1.61 bits per heavy atom. The molecule has 0 bridgehead atoms. The van der Waals surface area contributed by atoms with Crippen LogP contribution in [-0.2, 0) is 11.3 Å². The van der Waals surface area contributed by atoms with Gasteiger partial charge in [-0.05, 0) is 54.4 Å². The van der Waals surface area contributed by atoms with E-state index in [4.69, 9.17) is 27.9 Å². The average Bonchev–Trinajstić information content (AvgIpc) is 2.66. The summed E-state index contributed by atoms with van der Waals surface area (Å²) < 4.78 is 5.54. The van der Waals surface area contributed by atoms with Crippen LogP contribution in [0.2, 0.25) is 10.0 Å². The summed E-state index contributed by atoms with van der Waals surface area (Å²) in [6.07, 6.45) is 0. The molecule has 0 aliphatic carbocycles. The number of anilines is 2. The molecule has 144 valence electrons. The molecule has 3 rings (SSSR count). The molecule has 0 spiro atoms. The highest BCUT2D eigenvalue weighted by Gasteiger charge is 2.12. The number of hydrogen-bond donors (Lipinski definition) is 2. The lowest BCUT2D eigenvalue weighted by Gasteiger charge is -2.13. The minimum atomic E-state index is -0.288. The molecule has 3 aromatic rings.